The van der Waals surface area contributed by atoms with Crippen molar-refractivity contribution in [3.05, 3.63) is 104 Å². The quantitative estimate of drug-likeness (QED) is 0.487. The lowest BCUT2D eigenvalue weighted by atomic mass is 9.87. The fourth-order valence-corrected chi connectivity index (χ4v) is 5.43. The maximum Gasteiger partial charge on any atom is 0.0263 e. The topological polar surface area (TPSA) is 0 Å². The minimum Gasteiger partial charge on any atom is -0.0585 e. The van der Waals surface area contributed by atoms with Gasteiger partial charge in [-0.05, 0) is 99.9 Å². The second-order valence-corrected chi connectivity index (χ2v) is 9.34. The zero-order valence-electron chi connectivity index (χ0n) is 19.8. The van der Waals surface area contributed by atoms with Crippen LogP contribution >= 0.6 is 0 Å². The van der Waals surface area contributed by atoms with E-state index in [0.29, 0.717) is 11.8 Å². The maximum atomic E-state index is 2.32. The molecule has 0 nitrogen and oxygen atoms in total. The molecule has 0 saturated carbocycles. The molecule has 0 spiro atoms. The van der Waals surface area contributed by atoms with Crippen LogP contribution in [0.15, 0.2) is 93.1 Å². The molecule has 0 N–H and O–H groups in total. The minimum absolute atomic E-state index is 0.444. The lowest BCUT2D eigenvalue weighted by molar-refractivity contribution is 0.934. The third-order valence-corrected chi connectivity index (χ3v) is 8.04. The van der Waals surface area contributed by atoms with Gasteiger partial charge < -0.3 is 0 Å². The summed E-state index contributed by atoms with van der Waals surface area (Å²) in [5.74, 6) is 0.889. The van der Waals surface area contributed by atoms with Crippen LogP contribution in [0.5, 0.6) is 0 Å². The Kier molecular flexibility index (Phi) is 5.22. The zero-order valence-corrected chi connectivity index (χ0v) is 19.8. The molecule has 2 aliphatic rings. The normalized spacial score (nSPS) is 18.5. The van der Waals surface area contributed by atoms with Crippen LogP contribution in [0, 0.1) is 0 Å². The van der Waals surface area contributed by atoms with E-state index in [9.17, 15) is 0 Å². The number of hydrogen-bond donors (Lipinski definition) is 0. The molecule has 0 heterocycles. The molecule has 30 heavy (non-hydrogen) atoms. The van der Waals surface area contributed by atoms with Crippen LogP contribution in [-0.4, -0.2) is 0 Å². The van der Waals surface area contributed by atoms with Crippen molar-refractivity contribution < 1.29 is 0 Å². The third-order valence-electron chi connectivity index (χ3n) is 8.04. The highest BCUT2D eigenvalue weighted by Gasteiger charge is 2.26. The second-order valence-electron chi connectivity index (χ2n) is 9.34. The summed E-state index contributed by atoms with van der Waals surface area (Å²) in [5, 5.41) is 0. The van der Waals surface area contributed by atoms with Crippen molar-refractivity contribution in [2.45, 2.75) is 67.2 Å². The molecule has 0 radical (unpaired) electrons. The summed E-state index contributed by atoms with van der Waals surface area (Å²) in [4.78, 5) is 0. The van der Waals surface area contributed by atoms with E-state index in [-0.39, 0.29) is 0 Å². The average Bonchev–Trinajstić information content (AvgIpc) is 3.07. The molecule has 4 rings (SSSR count). The predicted octanol–water partition coefficient (Wildman–Crippen LogP) is 8.89. The Bertz CT molecular complexity index is 984. The van der Waals surface area contributed by atoms with E-state index in [1.165, 1.54) is 66.8 Å². The standard InChI is InChI=1S/C30H34/c1-17-18(2)22(6)29(21(17)5)27-13-9-25(10-14-27)26-11-15-28(16-12-26)30-23(7)19(3)20(4)24(30)8/h9-16,29-30H,1-8H3. The SMILES string of the molecule is CC1=C(C)C(c2ccc(-c3ccc(C4C(C)=C(C)C(C)=C4C)cc3)cc2)C(C)=C1C. The Labute approximate surface area is 182 Å². The molecule has 154 valence electrons. The van der Waals surface area contributed by atoms with Crippen LogP contribution in [0.2, 0.25) is 0 Å². The Balaban J connectivity index is 1.60. The van der Waals surface area contributed by atoms with Crippen molar-refractivity contribution in [3.63, 3.8) is 0 Å². The molecule has 0 amide bonds. The zero-order chi connectivity index (χ0) is 21.7. The van der Waals surface area contributed by atoms with Gasteiger partial charge in [-0.25, -0.2) is 0 Å². The first-order valence-electron chi connectivity index (χ1n) is 11.1. The summed E-state index contributed by atoms with van der Waals surface area (Å²) in [7, 11) is 0. The van der Waals surface area contributed by atoms with Gasteiger partial charge in [0.15, 0.2) is 0 Å². The third kappa shape index (κ3) is 3.14. The predicted molar refractivity (Wildman–Crippen MR) is 131 cm³/mol. The molecule has 2 aromatic carbocycles. The first-order chi connectivity index (χ1) is 14.2. The number of allylic oxidation sites excluding steroid dienone is 8. The van der Waals surface area contributed by atoms with E-state index in [0.717, 1.165) is 0 Å². The summed E-state index contributed by atoms with van der Waals surface area (Å²) >= 11 is 0. The molecule has 0 atom stereocenters. The van der Waals surface area contributed by atoms with Gasteiger partial charge >= 0.3 is 0 Å². The van der Waals surface area contributed by atoms with E-state index in [1.807, 2.05) is 0 Å². The van der Waals surface area contributed by atoms with Gasteiger partial charge in [0.05, 0.1) is 0 Å². The highest BCUT2D eigenvalue weighted by Crippen LogP contribution is 2.44. The molecular weight excluding hydrogens is 360 g/mol. The van der Waals surface area contributed by atoms with Crippen molar-refractivity contribution in [3.8, 4) is 11.1 Å². The fraction of sp³-hybridized carbons (Fsp3) is 0.333. The average molecular weight is 395 g/mol. The monoisotopic (exact) mass is 394 g/mol. The van der Waals surface area contributed by atoms with Crippen LogP contribution in [-0.2, 0) is 0 Å². The Morgan fingerprint density at radius 2 is 0.600 bits per heavy atom. The number of benzene rings is 2. The van der Waals surface area contributed by atoms with Crippen LogP contribution < -0.4 is 0 Å². The van der Waals surface area contributed by atoms with Gasteiger partial charge in [0.1, 0.15) is 0 Å². The molecular formula is C30H34. The molecule has 0 saturated heterocycles. The van der Waals surface area contributed by atoms with E-state index < -0.39 is 0 Å². The van der Waals surface area contributed by atoms with Crippen molar-refractivity contribution in [2.24, 2.45) is 0 Å². The smallest absolute Gasteiger partial charge is 0.0263 e. The van der Waals surface area contributed by atoms with Crippen LogP contribution in [0.25, 0.3) is 11.1 Å². The molecule has 2 aromatic rings. The van der Waals surface area contributed by atoms with Gasteiger partial charge in [-0.15, -0.1) is 0 Å². The molecule has 0 fully saturated rings. The summed E-state index contributed by atoms with van der Waals surface area (Å²) in [5.41, 5.74) is 17.2. The van der Waals surface area contributed by atoms with E-state index in [2.05, 4.69) is 104 Å². The summed E-state index contributed by atoms with van der Waals surface area (Å²) in [6, 6.07) is 18.4. The Morgan fingerprint density at radius 1 is 0.367 bits per heavy atom. The Hall–Kier alpha value is -2.60. The lowest BCUT2D eigenvalue weighted by Crippen LogP contribution is -2.00. The highest BCUT2D eigenvalue weighted by atomic mass is 14.3. The largest absolute Gasteiger partial charge is 0.0585 e. The van der Waals surface area contributed by atoms with Gasteiger partial charge in [-0.3, -0.25) is 0 Å². The van der Waals surface area contributed by atoms with E-state index >= 15 is 0 Å². The molecule has 0 unspecified atom stereocenters. The highest BCUT2D eigenvalue weighted by molar-refractivity contribution is 5.66. The summed E-state index contributed by atoms with van der Waals surface area (Å²) < 4.78 is 0. The minimum atomic E-state index is 0.444. The van der Waals surface area contributed by atoms with Gasteiger partial charge in [0, 0.05) is 11.8 Å². The Morgan fingerprint density at radius 3 is 0.833 bits per heavy atom. The number of rotatable bonds is 3. The summed E-state index contributed by atoms with van der Waals surface area (Å²) in [6.45, 7) is 18.2. The van der Waals surface area contributed by atoms with Crippen molar-refractivity contribution in [1.82, 2.24) is 0 Å². The molecule has 2 aliphatic carbocycles. The molecule has 0 heteroatoms. The first-order valence-corrected chi connectivity index (χ1v) is 11.1. The number of hydrogen-bond acceptors (Lipinski definition) is 0. The van der Waals surface area contributed by atoms with Crippen molar-refractivity contribution in [1.29, 1.82) is 0 Å². The van der Waals surface area contributed by atoms with E-state index in [1.54, 1.807) is 0 Å². The van der Waals surface area contributed by atoms with E-state index in [4.69, 9.17) is 0 Å². The van der Waals surface area contributed by atoms with Crippen molar-refractivity contribution in [2.75, 3.05) is 0 Å². The van der Waals surface area contributed by atoms with Gasteiger partial charge in [0.2, 0.25) is 0 Å². The van der Waals surface area contributed by atoms with Crippen LogP contribution in [0.1, 0.15) is 78.4 Å². The first kappa shape index (κ1) is 20.7. The van der Waals surface area contributed by atoms with Crippen LogP contribution in [0.4, 0.5) is 0 Å². The van der Waals surface area contributed by atoms with Crippen molar-refractivity contribution >= 4 is 0 Å². The second kappa shape index (κ2) is 7.58. The van der Waals surface area contributed by atoms with Crippen LogP contribution in [0.3, 0.4) is 0 Å². The fourth-order valence-electron chi connectivity index (χ4n) is 5.43. The molecule has 0 aliphatic heterocycles. The van der Waals surface area contributed by atoms with Gasteiger partial charge in [-0.1, -0.05) is 70.8 Å². The van der Waals surface area contributed by atoms with Gasteiger partial charge in [-0.2, -0.15) is 0 Å². The lowest BCUT2D eigenvalue weighted by Gasteiger charge is -2.17. The molecule has 0 aromatic heterocycles. The molecule has 0 bridgehead atoms. The summed E-state index contributed by atoms with van der Waals surface area (Å²) in [6.07, 6.45) is 0. The maximum absolute atomic E-state index is 2.32. The van der Waals surface area contributed by atoms with Gasteiger partial charge in [0.25, 0.3) is 0 Å².